The zero-order chi connectivity index (χ0) is 31.0. The second-order valence-electron chi connectivity index (χ2n) is 12.1. The highest BCUT2D eigenvalue weighted by atomic mass is 35.5. The van der Waals surface area contributed by atoms with Crippen molar-refractivity contribution in [2.24, 2.45) is 0 Å². The third-order valence-electron chi connectivity index (χ3n) is 7.93. The molecule has 10 nitrogen and oxygen atoms in total. The summed E-state index contributed by atoms with van der Waals surface area (Å²) in [5.41, 5.74) is 5.65. The van der Waals surface area contributed by atoms with E-state index in [1.54, 1.807) is 25.3 Å². The van der Waals surface area contributed by atoms with E-state index in [4.69, 9.17) is 25.9 Å². The molecule has 0 bridgehead atoms. The number of aryl methyl sites for hydroxylation is 1. The number of aromatic nitrogens is 3. The molecule has 1 aromatic carbocycles. The smallest absolute Gasteiger partial charge is 0.196 e. The Morgan fingerprint density at radius 1 is 1.26 bits per heavy atom. The molecule has 4 N–H and O–H groups in total. The fraction of sp³-hybridized carbons (Fsp3) is 0.400. The minimum Gasteiger partial charge on any atom is -0.455 e. The number of amidine groups is 1. The molecule has 0 saturated carbocycles. The van der Waals surface area contributed by atoms with E-state index in [1.165, 1.54) is 0 Å². The van der Waals surface area contributed by atoms with Gasteiger partial charge in [0.25, 0.3) is 0 Å². The second-order valence-corrected chi connectivity index (χ2v) is 17.3. The molecular formula is C30H39ClN6O4Si. The molecule has 1 atom stereocenters. The van der Waals surface area contributed by atoms with Crippen LogP contribution in [0.15, 0.2) is 45.9 Å². The van der Waals surface area contributed by atoms with E-state index in [9.17, 15) is 10.0 Å². The molecule has 0 unspecified atom stereocenters. The zero-order valence-electron chi connectivity index (χ0n) is 25.3. The molecule has 0 fully saturated rings. The van der Waals surface area contributed by atoms with Gasteiger partial charge in [-0.2, -0.15) is 5.10 Å². The Labute approximate surface area is 251 Å². The number of anilines is 1. The van der Waals surface area contributed by atoms with Crippen LogP contribution in [-0.2, 0) is 11.0 Å². The molecule has 4 rings (SSSR count). The van der Waals surface area contributed by atoms with Gasteiger partial charge >= 0.3 is 0 Å². The number of pyridine rings is 1. The van der Waals surface area contributed by atoms with E-state index in [2.05, 4.69) is 49.3 Å². The molecule has 12 heteroatoms. The highest BCUT2D eigenvalue weighted by Crippen LogP contribution is 2.36. The number of nitrogens with one attached hydrogen (secondary N) is 3. The monoisotopic (exact) mass is 610 g/mol. The SMILES string of the molecule is Cc1cc([C@@H](C)Nc2ccc(Cl)nc2C(=N)NO)c2oc(-c3cnn(CCO[Si](C)(C)C(C)(C)C)c3)c(C)c(=O)c2c1. The number of hydroxylamine groups is 1. The predicted molar refractivity (Wildman–Crippen MR) is 169 cm³/mol. The lowest BCUT2D eigenvalue weighted by Crippen LogP contribution is -2.41. The second kappa shape index (κ2) is 12.0. The van der Waals surface area contributed by atoms with Crippen LogP contribution in [0.2, 0.25) is 23.3 Å². The van der Waals surface area contributed by atoms with Crippen LogP contribution in [0.4, 0.5) is 5.69 Å². The number of hydrogen-bond donors (Lipinski definition) is 4. The minimum absolute atomic E-state index is 0.113. The number of rotatable bonds is 9. The normalized spacial score (nSPS) is 12.9. The first-order valence-corrected chi connectivity index (χ1v) is 17.1. The zero-order valence-corrected chi connectivity index (χ0v) is 27.1. The number of benzene rings is 1. The lowest BCUT2D eigenvalue weighted by molar-refractivity contribution is 0.234. The van der Waals surface area contributed by atoms with Crippen molar-refractivity contribution < 1.29 is 14.1 Å². The first-order valence-electron chi connectivity index (χ1n) is 13.8. The first kappa shape index (κ1) is 31.4. The number of hydrogen-bond acceptors (Lipinski definition) is 8. The highest BCUT2D eigenvalue weighted by molar-refractivity contribution is 6.74. The van der Waals surface area contributed by atoms with Gasteiger partial charge in [0.05, 0.1) is 42.0 Å². The summed E-state index contributed by atoms with van der Waals surface area (Å²) in [4.78, 5) is 17.8. The van der Waals surface area contributed by atoms with E-state index in [0.29, 0.717) is 46.7 Å². The fourth-order valence-electron chi connectivity index (χ4n) is 4.48. The van der Waals surface area contributed by atoms with E-state index in [-0.39, 0.29) is 33.2 Å². The van der Waals surface area contributed by atoms with Gasteiger partial charge in [0, 0.05) is 17.3 Å². The molecule has 4 aromatic rings. The average molecular weight is 611 g/mol. The van der Waals surface area contributed by atoms with Gasteiger partial charge in [-0.05, 0) is 62.7 Å². The Hall–Kier alpha value is -3.51. The maximum Gasteiger partial charge on any atom is 0.196 e. The van der Waals surface area contributed by atoms with Crippen LogP contribution >= 0.6 is 11.6 Å². The van der Waals surface area contributed by atoms with E-state index in [1.807, 2.05) is 42.3 Å². The average Bonchev–Trinajstić information content (AvgIpc) is 3.38. The van der Waals surface area contributed by atoms with Crippen LogP contribution in [0.25, 0.3) is 22.3 Å². The number of halogens is 1. The van der Waals surface area contributed by atoms with Crippen molar-refractivity contribution in [3.8, 4) is 11.3 Å². The van der Waals surface area contributed by atoms with Crippen molar-refractivity contribution in [1.82, 2.24) is 20.2 Å². The standard InChI is InChI=1S/C30H39ClN6O4Si/c1-17-13-21(19(3)34-23-9-10-24(31)35-25(23)29(32)36-39)28-22(14-17)26(38)18(2)27(41-28)20-15-33-37(16-20)11-12-40-42(7,8)30(4,5)6/h9-10,13-16,19,34,39H,11-12H2,1-8H3,(H2,32,36)/t19-/m1/s1. The Balaban J connectivity index is 1.69. The van der Waals surface area contributed by atoms with Crippen molar-refractivity contribution in [3.63, 3.8) is 0 Å². The van der Waals surface area contributed by atoms with Gasteiger partial charge in [0.2, 0.25) is 0 Å². The molecule has 3 heterocycles. The minimum atomic E-state index is -1.87. The van der Waals surface area contributed by atoms with Crippen molar-refractivity contribution >= 4 is 42.4 Å². The van der Waals surface area contributed by atoms with Crippen molar-refractivity contribution in [3.05, 3.63) is 74.4 Å². The summed E-state index contributed by atoms with van der Waals surface area (Å²) in [5.74, 6) is 0.152. The topological polar surface area (TPSA) is 138 Å². The Morgan fingerprint density at radius 2 is 1.98 bits per heavy atom. The number of nitrogens with zero attached hydrogens (tertiary/aromatic N) is 3. The molecular weight excluding hydrogens is 572 g/mol. The van der Waals surface area contributed by atoms with Gasteiger partial charge in [-0.25, -0.2) is 4.98 Å². The van der Waals surface area contributed by atoms with Gasteiger partial charge < -0.3 is 14.2 Å². The summed E-state index contributed by atoms with van der Waals surface area (Å²) in [6.07, 6.45) is 3.58. The van der Waals surface area contributed by atoms with Gasteiger partial charge in [0.15, 0.2) is 19.6 Å². The third-order valence-corrected chi connectivity index (χ3v) is 12.7. The Bertz CT molecular complexity index is 1690. The molecule has 0 saturated heterocycles. The quantitative estimate of drug-likeness (QED) is 0.0532. The molecule has 42 heavy (non-hydrogen) atoms. The molecule has 0 aliphatic rings. The summed E-state index contributed by atoms with van der Waals surface area (Å²) >= 11 is 6.04. The number of fused-ring (bicyclic) bond motifs is 1. The van der Waals surface area contributed by atoms with Gasteiger partial charge in [-0.3, -0.25) is 25.6 Å². The molecule has 0 spiro atoms. The molecule has 3 aromatic heterocycles. The van der Waals surface area contributed by atoms with Crippen LogP contribution in [0.3, 0.4) is 0 Å². The molecule has 0 radical (unpaired) electrons. The highest BCUT2D eigenvalue weighted by Gasteiger charge is 2.36. The maximum absolute atomic E-state index is 13.6. The van der Waals surface area contributed by atoms with Gasteiger partial charge in [-0.1, -0.05) is 38.4 Å². The van der Waals surface area contributed by atoms with Crippen LogP contribution in [0, 0.1) is 19.3 Å². The summed E-state index contributed by atoms with van der Waals surface area (Å²) in [6, 6.07) is 6.70. The molecule has 0 aliphatic carbocycles. The van der Waals surface area contributed by atoms with E-state index in [0.717, 1.165) is 11.1 Å². The van der Waals surface area contributed by atoms with Gasteiger partial charge in [-0.15, -0.1) is 0 Å². The van der Waals surface area contributed by atoms with Crippen molar-refractivity contribution in [2.45, 2.75) is 72.3 Å². The van der Waals surface area contributed by atoms with Crippen LogP contribution in [0.1, 0.15) is 56.1 Å². The molecule has 0 aliphatic heterocycles. The largest absolute Gasteiger partial charge is 0.455 e. The lowest BCUT2D eigenvalue weighted by Gasteiger charge is -2.36. The Morgan fingerprint density at radius 3 is 2.64 bits per heavy atom. The van der Waals surface area contributed by atoms with Crippen LogP contribution in [0.5, 0.6) is 0 Å². The predicted octanol–water partition coefficient (Wildman–Crippen LogP) is 6.82. The summed E-state index contributed by atoms with van der Waals surface area (Å²) in [5, 5.41) is 25.9. The van der Waals surface area contributed by atoms with Crippen LogP contribution in [-0.4, -0.2) is 40.7 Å². The lowest BCUT2D eigenvalue weighted by atomic mass is 9.99. The van der Waals surface area contributed by atoms with Gasteiger partial charge in [0.1, 0.15) is 22.2 Å². The summed E-state index contributed by atoms with van der Waals surface area (Å²) in [7, 11) is -1.87. The molecule has 224 valence electrons. The Kier molecular flexibility index (Phi) is 8.98. The maximum atomic E-state index is 13.6. The first-order chi connectivity index (χ1) is 19.6. The summed E-state index contributed by atoms with van der Waals surface area (Å²) < 4.78 is 14.6. The van der Waals surface area contributed by atoms with Crippen molar-refractivity contribution in [1.29, 1.82) is 5.41 Å². The fourth-order valence-corrected chi connectivity index (χ4v) is 5.67. The third kappa shape index (κ3) is 6.44. The molecule has 0 amide bonds. The van der Waals surface area contributed by atoms with E-state index < -0.39 is 8.32 Å². The van der Waals surface area contributed by atoms with Crippen LogP contribution < -0.4 is 16.2 Å². The van der Waals surface area contributed by atoms with Crippen molar-refractivity contribution in [2.75, 3.05) is 11.9 Å². The van der Waals surface area contributed by atoms with E-state index >= 15 is 0 Å². The summed E-state index contributed by atoms with van der Waals surface area (Å²) in [6.45, 7) is 17.8.